The van der Waals surface area contributed by atoms with Crippen LogP contribution in [0.3, 0.4) is 0 Å². The fourth-order valence-corrected chi connectivity index (χ4v) is 3.24. The first-order chi connectivity index (χ1) is 11.5. The number of halogens is 2. The lowest BCUT2D eigenvalue weighted by Gasteiger charge is -2.23. The van der Waals surface area contributed by atoms with Gasteiger partial charge >= 0.3 is 17.2 Å². The van der Waals surface area contributed by atoms with Crippen LogP contribution in [-0.2, 0) is 38.7 Å². The minimum Gasteiger partial charge on any atom is -0.743 e. The van der Waals surface area contributed by atoms with E-state index in [1.165, 1.54) is 0 Å². The van der Waals surface area contributed by atoms with Gasteiger partial charge in [-0.05, 0) is 6.42 Å². The van der Waals surface area contributed by atoms with Crippen LogP contribution in [0.25, 0.3) is 0 Å². The number of alkyl halides is 2. The number of carbonyl (C=O) groups excluding carboxylic acids is 2. The molecule has 0 saturated carbocycles. The van der Waals surface area contributed by atoms with Crippen LogP contribution in [0, 0.1) is 5.92 Å². The summed E-state index contributed by atoms with van der Waals surface area (Å²) in [5, 5.41) is -4.62. The predicted octanol–water partition coefficient (Wildman–Crippen LogP) is -0.678. The zero-order valence-corrected chi connectivity index (χ0v) is 13.4. The van der Waals surface area contributed by atoms with Crippen molar-refractivity contribution < 1.29 is 50.3 Å². The maximum Gasteiger partial charge on any atom is 0.357 e. The maximum absolute atomic E-state index is 12.9. The molecule has 0 aromatic carbocycles. The summed E-state index contributed by atoms with van der Waals surface area (Å²) in [6, 6.07) is 0. The van der Waals surface area contributed by atoms with Crippen LogP contribution in [0.1, 0.15) is 6.42 Å². The molecule has 3 heterocycles. The topological polar surface area (TPSA) is 128 Å². The molecule has 3 saturated heterocycles. The molecule has 9 nitrogen and oxygen atoms in total. The number of ether oxygens (including phenoxy) is 4. The van der Waals surface area contributed by atoms with Crippen LogP contribution in [-0.4, -0.2) is 67.8 Å². The molecule has 12 heteroatoms. The lowest BCUT2D eigenvalue weighted by Crippen LogP contribution is -2.40. The van der Waals surface area contributed by atoms with Crippen molar-refractivity contribution in [1.29, 1.82) is 0 Å². The van der Waals surface area contributed by atoms with E-state index in [1.54, 1.807) is 0 Å². The maximum atomic E-state index is 12.9. The van der Waals surface area contributed by atoms with Crippen molar-refractivity contribution in [3.05, 3.63) is 12.2 Å². The second kappa shape index (κ2) is 5.97. The number of esters is 2. The van der Waals surface area contributed by atoms with E-state index in [-0.39, 0.29) is 11.5 Å². The van der Waals surface area contributed by atoms with E-state index in [0.29, 0.717) is 6.42 Å². The highest BCUT2D eigenvalue weighted by Crippen LogP contribution is 2.47. The Labute approximate surface area is 140 Å². The van der Waals surface area contributed by atoms with Crippen LogP contribution >= 0.6 is 0 Å². The third-order valence-corrected chi connectivity index (χ3v) is 5.08. The number of rotatable bonds is 7. The minimum absolute atomic E-state index is 0.356. The molecule has 5 unspecified atom stereocenters. The fourth-order valence-electron chi connectivity index (χ4n) is 3.01. The van der Waals surface area contributed by atoms with Crippen molar-refractivity contribution >= 4 is 22.1 Å². The van der Waals surface area contributed by atoms with Gasteiger partial charge in [0.15, 0.2) is 22.3 Å². The van der Waals surface area contributed by atoms with Crippen LogP contribution < -0.4 is 0 Å². The zero-order chi connectivity index (χ0) is 18.6. The van der Waals surface area contributed by atoms with Gasteiger partial charge < -0.3 is 23.5 Å². The molecule has 0 N–H and O–H groups in total. The Bertz CT molecular complexity index is 719. The van der Waals surface area contributed by atoms with E-state index < -0.39 is 64.9 Å². The summed E-state index contributed by atoms with van der Waals surface area (Å²) >= 11 is 0. The van der Waals surface area contributed by atoms with E-state index in [0.717, 1.165) is 0 Å². The summed E-state index contributed by atoms with van der Waals surface area (Å²) in [4.78, 5) is 23.5. The molecule has 0 aromatic heterocycles. The number of fused-ring (bicyclic) bond motifs is 1. The Hall–Kier alpha value is -1.63. The van der Waals surface area contributed by atoms with Crippen molar-refractivity contribution in [2.75, 3.05) is 13.2 Å². The lowest BCUT2D eigenvalue weighted by atomic mass is 9.88. The number of hydrogen-bond acceptors (Lipinski definition) is 9. The van der Waals surface area contributed by atoms with Gasteiger partial charge in [0.1, 0.15) is 12.7 Å². The molecule has 3 aliphatic heterocycles. The molecular weight excluding hydrogens is 370 g/mol. The van der Waals surface area contributed by atoms with Crippen molar-refractivity contribution in [3.63, 3.8) is 0 Å². The molecule has 3 rings (SSSR count). The average Bonchev–Trinajstić information content (AvgIpc) is 3.10. The second-order valence-electron chi connectivity index (χ2n) is 5.94. The summed E-state index contributed by atoms with van der Waals surface area (Å²) in [6.45, 7) is 0.813. The molecule has 0 amide bonds. The minimum atomic E-state index is -5.88. The summed E-state index contributed by atoms with van der Waals surface area (Å²) in [7, 11) is -5.88. The van der Waals surface area contributed by atoms with Gasteiger partial charge in [-0.3, -0.25) is 4.79 Å². The monoisotopic (exact) mass is 383 g/mol. The smallest absolute Gasteiger partial charge is 0.357 e. The molecule has 140 valence electrons. The van der Waals surface area contributed by atoms with Gasteiger partial charge in [0.05, 0.1) is 24.2 Å². The highest BCUT2D eigenvalue weighted by Gasteiger charge is 2.65. The predicted molar refractivity (Wildman–Crippen MR) is 71.1 cm³/mol. The van der Waals surface area contributed by atoms with Crippen molar-refractivity contribution in [1.82, 2.24) is 0 Å². The van der Waals surface area contributed by atoms with Crippen LogP contribution in [0.2, 0.25) is 0 Å². The molecule has 3 aliphatic rings. The van der Waals surface area contributed by atoms with E-state index in [1.807, 2.05) is 0 Å². The van der Waals surface area contributed by atoms with Gasteiger partial charge in [-0.1, -0.05) is 6.58 Å². The van der Waals surface area contributed by atoms with E-state index in [4.69, 9.17) is 14.2 Å². The largest absolute Gasteiger partial charge is 0.743 e. The van der Waals surface area contributed by atoms with Crippen LogP contribution in [0.15, 0.2) is 12.2 Å². The third kappa shape index (κ3) is 3.14. The van der Waals surface area contributed by atoms with Gasteiger partial charge in [-0.25, -0.2) is 13.2 Å². The lowest BCUT2D eigenvalue weighted by molar-refractivity contribution is -0.157. The van der Waals surface area contributed by atoms with Gasteiger partial charge in [0, 0.05) is 0 Å². The molecular formula is C13H13F2O9S-. The molecule has 3 fully saturated rings. The van der Waals surface area contributed by atoms with Gasteiger partial charge in [0.25, 0.3) is 0 Å². The van der Waals surface area contributed by atoms with Crippen molar-refractivity contribution in [2.45, 2.75) is 36.1 Å². The molecule has 0 spiro atoms. The zero-order valence-electron chi connectivity index (χ0n) is 12.6. The van der Waals surface area contributed by atoms with E-state index >= 15 is 0 Å². The highest BCUT2D eigenvalue weighted by atomic mass is 32.2. The molecule has 0 radical (unpaired) electrons. The Morgan fingerprint density at radius 2 is 2.08 bits per heavy atom. The molecule has 2 bridgehead atoms. The van der Waals surface area contributed by atoms with Crippen molar-refractivity contribution in [2.24, 2.45) is 5.92 Å². The van der Waals surface area contributed by atoms with Crippen molar-refractivity contribution in [3.8, 4) is 0 Å². The van der Waals surface area contributed by atoms with E-state index in [2.05, 4.69) is 11.3 Å². The van der Waals surface area contributed by atoms with Crippen LogP contribution in [0.5, 0.6) is 0 Å². The summed E-state index contributed by atoms with van der Waals surface area (Å²) < 4.78 is 76.9. The Balaban J connectivity index is 1.49. The summed E-state index contributed by atoms with van der Waals surface area (Å²) in [5.41, 5.74) is -0.372. The van der Waals surface area contributed by atoms with Gasteiger partial charge in [0.2, 0.25) is 0 Å². The normalized spacial score (nSPS) is 33.4. The number of carbonyl (C=O) groups is 2. The van der Waals surface area contributed by atoms with Gasteiger partial charge in [-0.15, -0.1) is 0 Å². The molecule has 0 aromatic rings. The Kier molecular flexibility index (Phi) is 4.34. The highest BCUT2D eigenvalue weighted by molar-refractivity contribution is 7.86. The summed E-state index contributed by atoms with van der Waals surface area (Å²) in [5.74, 6) is -1.78. The Morgan fingerprint density at radius 1 is 1.40 bits per heavy atom. The average molecular weight is 383 g/mol. The first kappa shape index (κ1) is 18.2. The Morgan fingerprint density at radius 3 is 2.72 bits per heavy atom. The third-order valence-electron chi connectivity index (χ3n) is 4.23. The number of hydrogen-bond donors (Lipinski definition) is 0. The first-order valence-corrected chi connectivity index (χ1v) is 8.58. The fraction of sp³-hybridized carbons (Fsp3) is 0.692. The summed E-state index contributed by atoms with van der Waals surface area (Å²) in [6.07, 6.45) is -2.17. The standard InChI is InChI=1S/C13H14F2O9S/c1-5(3-21-4-13(14,15)25(18,19)20)11(16)23-9-7-2-6-8(22-7)10(9)24-12(6)17/h6-10H,1-4H2,(H,18,19,20)/p-1. The van der Waals surface area contributed by atoms with Crippen LogP contribution in [0.4, 0.5) is 8.78 Å². The van der Waals surface area contributed by atoms with E-state index in [9.17, 15) is 31.3 Å². The quantitative estimate of drug-likeness (QED) is 0.319. The SMILES string of the molecule is C=C(COCC(F)(F)S(=O)(=O)[O-])C(=O)OC1C2CC3C(=O)OC1C3O2. The first-order valence-electron chi connectivity index (χ1n) is 7.17. The molecule has 0 aliphatic carbocycles. The second-order valence-corrected chi connectivity index (χ2v) is 7.45. The van der Waals surface area contributed by atoms with Gasteiger partial charge in [-0.2, -0.15) is 8.78 Å². The molecule has 25 heavy (non-hydrogen) atoms. The molecule has 5 atom stereocenters.